The molecule has 144 valence electrons. The summed E-state index contributed by atoms with van der Waals surface area (Å²) in [4.78, 5) is 12.1. The molecule has 0 bridgehead atoms. The molecular weight excluding hydrogens is 331 g/mol. The van der Waals surface area contributed by atoms with E-state index in [9.17, 15) is 14.3 Å². The molecule has 1 heterocycles. The Morgan fingerprint density at radius 3 is 2.65 bits per heavy atom. The molecule has 3 rings (SSSR count). The normalized spacial score (nSPS) is 26.9. The van der Waals surface area contributed by atoms with Crippen LogP contribution in [-0.4, -0.2) is 17.2 Å². The van der Waals surface area contributed by atoms with Crippen molar-refractivity contribution >= 4 is 5.97 Å². The predicted octanol–water partition coefficient (Wildman–Crippen LogP) is 5.35. The minimum atomic E-state index is -0.843. The molecular formula is C22H31FO3. The van der Waals surface area contributed by atoms with E-state index >= 15 is 0 Å². The largest absolute Gasteiger partial charge is 0.459 e. The SMILES string of the molecule is CCCCCC1CCC(C(O)c2ccc3c(c2F)C(=O)OC(C)C3)CC1. The van der Waals surface area contributed by atoms with Gasteiger partial charge in [0.1, 0.15) is 11.9 Å². The molecule has 0 amide bonds. The van der Waals surface area contributed by atoms with Crippen molar-refractivity contribution in [3.63, 3.8) is 0 Å². The number of carbonyl (C=O) groups is 1. The molecule has 2 atom stereocenters. The van der Waals surface area contributed by atoms with E-state index in [4.69, 9.17) is 4.74 Å². The first-order valence-electron chi connectivity index (χ1n) is 10.2. The number of fused-ring (bicyclic) bond motifs is 1. The van der Waals surface area contributed by atoms with E-state index in [1.54, 1.807) is 19.1 Å². The molecule has 2 aliphatic rings. The second-order valence-corrected chi connectivity index (χ2v) is 8.14. The minimum absolute atomic E-state index is 0.0212. The van der Waals surface area contributed by atoms with Crippen molar-refractivity contribution in [1.82, 2.24) is 0 Å². The number of unbranched alkanes of at least 4 members (excludes halogenated alkanes) is 2. The quantitative estimate of drug-likeness (QED) is 0.548. The molecule has 0 saturated heterocycles. The zero-order valence-corrected chi connectivity index (χ0v) is 16.0. The average Bonchev–Trinajstić information content (AvgIpc) is 2.61. The Kier molecular flexibility index (Phi) is 6.33. The molecule has 1 saturated carbocycles. The van der Waals surface area contributed by atoms with E-state index in [1.165, 1.54) is 25.7 Å². The van der Waals surface area contributed by atoms with Crippen molar-refractivity contribution < 1.29 is 19.0 Å². The fraction of sp³-hybridized carbons (Fsp3) is 0.682. The standard InChI is InChI=1S/C22H31FO3/c1-3-4-5-6-15-7-9-16(10-8-15)21(24)18-12-11-17-13-14(2)26-22(25)19(17)20(18)23/h11-12,14-16,21,24H,3-10,13H2,1-2H3. The van der Waals surface area contributed by atoms with Crippen LogP contribution in [0.3, 0.4) is 0 Å². The number of hydrogen-bond donors (Lipinski definition) is 1. The number of ether oxygens (including phenoxy) is 1. The molecule has 2 unspecified atom stereocenters. The van der Waals surface area contributed by atoms with Gasteiger partial charge in [0, 0.05) is 12.0 Å². The van der Waals surface area contributed by atoms with Gasteiger partial charge in [-0.25, -0.2) is 9.18 Å². The van der Waals surface area contributed by atoms with Crippen LogP contribution >= 0.6 is 0 Å². The lowest BCUT2D eigenvalue weighted by atomic mass is 9.76. The molecule has 1 aliphatic heterocycles. The van der Waals surface area contributed by atoms with E-state index in [-0.39, 0.29) is 23.1 Å². The smallest absolute Gasteiger partial charge is 0.341 e. The zero-order chi connectivity index (χ0) is 18.7. The molecule has 1 aromatic carbocycles. The lowest BCUT2D eigenvalue weighted by molar-refractivity contribution is 0.0290. The molecule has 26 heavy (non-hydrogen) atoms. The first-order valence-corrected chi connectivity index (χ1v) is 10.2. The number of aliphatic hydroxyl groups is 1. The topological polar surface area (TPSA) is 46.5 Å². The number of halogens is 1. The van der Waals surface area contributed by atoms with E-state index in [1.807, 2.05) is 0 Å². The summed E-state index contributed by atoms with van der Waals surface area (Å²) in [7, 11) is 0. The number of cyclic esters (lactones) is 1. The zero-order valence-electron chi connectivity index (χ0n) is 16.0. The first kappa shape index (κ1) is 19.3. The van der Waals surface area contributed by atoms with E-state index in [2.05, 4.69) is 6.92 Å². The van der Waals surface area contributed by atoms with Crippen molar-refractivity contribution in [2.45, 2.75) is 83.8 Å². The van der Waals surface area contributed by atoms with Gasteiger partial charge in [0.25, 0.3) is 0 Å². The van der Waals surface area contributed by atoms with Crippen molar-refractivity contribution in [3.8, 4) is 0 Å². The van der Waals surface area contributed by atoms with Gasteiger partial charge < -0.3 is 9.84 Å². The molecule has 1 aliphatic carbocycles. The van der Waals surface area contributed by atoms with Crippen molar-refractivity contribution in [3.05, 3.63) is 34.6 Å². The molecule has 1 aromatic rings. The highest BCUT2D eigenvalue weighted by Crippen LogP contribution is 2.40. The summed E-state index contributed by atoms with van der Waals surface area (Å²) < 4.78 is 20.1. The van der Waals surface area contributed by atoms with Crippen LogP contribution in [0.2, 0.25) is 0 Å². The molecule has 4 heteroatoms. The van der Waals surface area contributed by atoms with Crippen LogP contribution in [0.25, 0.3) is 0 Å². The summed E-state index contributed by atoms with van der Waals surface area (Å²) >= 11 is 0. The maximum absolute atomic E-state index is 15.0. The molecule has 0 spiro atoms. The van der Waals surface area contributed by atoms with Gasteiger partial charge in [-0.3, -0.25) is 0 Å². The number of benzene rings is 1. The Bertz CT molecular complexity index is 635. The van der Waals surface area contributed by atoms with Gasteiger partial charge in [-0.1, -0.05) is 57.6 Å². The Hall–Kier alpha value is -1.42. The molecule has 0 radical (unpaired) electrons. The summed E-state index contributed by atoms with van der Waals surface area (Å²) in [5, 5.41) is 10.8. The van der Waals surface area contributed by atoms with Gasteiger partial charge in [-0.2, -0.15) is 0 Å². The third kappa shape index (κ3) is 4.11. The van der Waals surface area contributed by atoms with Crippen molar-refractivity contribution in [2.75, 3.05) is 0 Å². The number of esters is 1. The lowest BCUT2D eigenvalue weighted by Crippen LogP contribution is -2.28. The Labute approximate surface area is 155 Å². The summed E-state index contributed by atoms with van der Waals surface area (Å²) in [5.41, 5.74) is 0.958. The first-order chi connectivity index (χ1) is 12.5. The molecule has 1 N–H and O–H groups in total. The summed E-state index contributed by atoms with van der Waals surface area (Å²) in [6.45, 7) is 4.03. The summed E-state index contributed by atoms with van der Waals surface area (Å²) in [6, 6.07) is 3.45. The average molecular weight is 362 g/mol. The lowest BCUT2D eigenvalue weighted by Gasteiger charge is -2.32. The summed E-state index contributed by atoms with van der Waals surface area (Å²) in [5.74, 6) is -0.375. The predicted molar refractivity (Wildman–Crippen MR) is 99.5 cm³/mol. The van der Waals surface area contributed by atoms with Gasteiger partial charge in [-0.15, -0.1) is 0 Å². The maximum atomic E-state index is 15.0. The van der Waals surface area contributed by atoms with Gasteiger partial charge in [0.15, 0.2) is 0 Å². The van der Waals surface area contributed by atoms with Gasteiger partial charge in [0.2, 0.25) is 0 Å². The second-order valence-electron chi connectivity index (χ2n) is 8.14. The van der Waals surface area contributed by atoms with Crippen LogP contribution in [0.4, 0.5) is 4.39 Å². The van der Waals surface area contributed by atoms with Gasteiger partial charge >= 0.3 is 5.97 Å². The minimum Gasteiger partial charge on any atom is -0.459 e. The third-order valence-electron chi connectivity index (χ3n) is 6.15. The van der Waals surface area contributed by atoms with Crippen molar-refractivity contribution in [2.24, 2.45) is 11.8 Å². The molecule has 3 nitrogen and oxygen atoms in total. The fourth-order valence-corrected chi connectivity index (χ4v) is 4.57. The Morgan fingerprint density at radius 1 is 1.23 bits per heavy atom. The van der Waals surface area contributed by atoms with Crippen LogP contribution < -0.4 is 0 Å². The number of carbonyl (C=O) groups excluding carboxylic acids is 1. The molecule has 0 aromatic heterocycles. The highest BCUT2D eigenvalue weighted by Gasteiger charge is 2.33. The van der Waals surface area contributed by atoms with Crippen LogP contribution in [0.15, 0.2) is 12.1 Å². The maximum Gasteiger partial charge on any atom is 0.341 e. The van der Waals surface area contributed by atoms with Crippen molar-refractivity contribution in [1.29, 1.82) is 0 Å². The number of rotatable bonds is 6. The summed E-state index contributed by atoms with van der Waals surface area (Å²) in [6.07, 6.45) is 8.61. The van der Waals surface area contributed by atoms with E-state index < -0.39 is 17.9 Å². The van der Waals surface area contributed by atoms with Gasteiger partial charge in [0.05, 0.1) is 11.7 Å². The fourth-order valence-electron chi connectivity index (χ4n) is 4.57. The Morgan fingerprint density at radius 2 is 1.96 bits per heavy atom. The van der Waals surface area contributed by atoms with Gasteiger partial charge in [-0.05, 0) is 37.2 Å². The number of hydrogen-bond acceptors (Lipinski definition) is 3. The van der Waals surface area contributed by atoms with Crippen LogP contribution in [0.5, 0.6) is 0 Å². The third-order valence-corrected chi connectivity index (χ3v) is 6.15. The highest BCUT2D eigenvalue weighted by atomic mass is 19.1. The van der Waals surface area contributed by atoms with E-state index in [0.717, 1.165) is 31.6 Å². The Balaban J connectivity index is 1.67. The molecule has 1 fully saturated rings. The van der Waals surface area contributed by atoms with Crippen LogP contribution in [-0.2, 0) is 11.2 Å². The number of aliphatic hydroxyl groups excluding tert-OH is 1. The highest BCUT2D eigenvalue weighted by molar-refractivity contribution is 5.92. The second kappa shape index (κ2) is 8.51. The van der Waals surface area contributed by atoms with Crippen LogP contribution in [0, 0.1) is 17.7 Å². The van der Waals surface area contributed by atoms with E-state index in [0.29, 0.717) is 12.0 Å². The van der Waals surface area contributed by atoms with Crippen LogP contribution in [0.1, 0.15) is 92.8 Å². The monoisotopic (exact) mass is 362 g/mol.